The van der Waals surface area contributed by atoms with Gasteiger partial charge in [-0.15, -0.1) is 5.92 Å². The second-order valence-corrected chi connectivity index (χ2v) is 8.69. The molecule has 0 saturated carbocycles. The molecule has 27 heavy (non-hydrogen) atoms. The van der Waals surface area contributed by atoms with Crippen LogP contribution < -0.4 is 4.74 Å². The second-order valence-electron chi connectivity index (χ2n) is 6.70. The number of carbonyl (C=O) groups is 1. The molecule has 0 radical (unpaired) electrons. The predicted molar refractivity (Wildman–Crippen MR) is 102 cm³/mol. The zero-order chi connectivity index (χ0) is 20.1. The number of aliphatic carboxylic acids is 1. The molecule has 1 aromatic carbocycles. The molecule has 1 aromatic rings. The van der Waals surface area contributed by atoms with Crippen LogP contribution in [0.15, 0.2) is 29.2 Å². The molecule has 0 bridgehead atoms. The summed E-state index contributed by atoms with van der Waals surface area (Å²) in [5.41, 5.74) is -1.35. The smallest absolute Gasteiger partial charge is 0.376 e. The minimum Gasteiger partial charge on any atom is -0.481 e. The standard InChI is InChI=1S/C18H24BNO6S/c1-3-4-13-26-15-5-7-16(8-6-15)27(24,25)14-18(17(21)22)9-11-20(12-10-18)19(2)23/h5-8,23H,9-14H2,1-2H3,(H,21,22). The minimum absolute atomic E-state index is 0.0648. The van der Waals surface area contributed by atoms with E-state index in [4.69, 9.17) is 4.74 Å². The molecule has 0 aromatic heterocycles. The molecule has 1 saturated heterocycles. The average Bonchev–Trinajstić information content (AvgIpc) is 2.62. The molecule has 0 spiro atoms. The Hall–Kier alpha value is -2.02. The summed E-state index contributed by atoms with van der Waals surface area (Å²) in [5.74, 6) is 4.36. The lowest BCUT2D eigenvalue weighted by Gasteiger charge is -2.39. The van der Waals surface area contributed by atoms with E-state index in [1.54, 1.807) is 18.6 Å². The van der Waals surface area contributed by atoms with Crippen LogP contribution >= 0.6 is 0 Å². The molecule has 0 amide bonds. The van der Waals surface area contributed by atoms with Gasteiger partial charge in [0.2, 0.25) is 0 Å². The Labute approximate surface area is 160 Å². The van der Waals surface area contributed by atoms with Crippen LogP contribution in [0.5, 0.6) is 5.75 Å². The van der Waals surface area contributed by atoms with E-state index in [1.807, 2.05) is 0 Å². The number of rotatable bonds is 7. The van der Waals surface area contributed by atoms with Crippen molar-refractivity contribution in [3.05, 3.63) is 24.3 Å². The van der Waals surface area contributed by atoms with E-state index >= 15 is 0 Å². The van der Waals surface area contributed by atoms with Gasteiger partial charge in [0.15, 0.2) is 9.84 Å². The first-order valence-corrected chi connectivity index (χ1v) is 10.4. The van der Waals surface area contributed by atoms with Crippen molar-refractivity contribution in [1.82, 2.24) is 4.81 Å². The fourth-order valence-electron chi connectivity index (χ4n) is 3.13. The molecule has 2 rings (SSSR count). The van der Waals surface area contributed by atoms with Crippen molar-refractivity contribution in [1.29, 1.82) is 0 Å². The maximum Gasteiger partial charge on any atom is 0.376 e. The maximum atomic E-state index is 12.8. The molecule has 1 fully saturated rings. The molecule has 1 aliphatic rings. The average molecular weight is 393 g/mol. The number of ether oxygens (including phenoxy) is 1. The predicted octanol–water partition coefficient (Wildman–Crippen LogP) is 1.14. The molecule has 9 heteroatoms. The third-order valence-corrected chi connectivity index (χ3v) is 6.80. The van der Waals surface area contributed by atoms with Gasteiger partial charge >= 0.3 is 13.0 Å². The van der Waals surface area contributed by atoms with E-state index < -0.39 is 34.0 Å². The number of sulfone groups is 1. The molecule has 0 atom stereocenters. The summed E-state index contributed by atoms with van der Waals surface area (Å²) >= 11 is 0. The Morgan fingerprint density at radius 2 is 1.89 bits per heavy atom. The van der Waals surface area contributed by atoms with Crippen molar-refractivity contribution in [3.63, 3.8) is 0 Å². The minimum atomic E-state index is -3.79. The summed E-state index contributed by atoms with van der Waals surface area (Å²) in [4.78, 5) is 13.7. The maximum absolute atomic E-state index is 12.8. The molecule has 0 unspecified atom stereocenters. The number of hydrogen-bond acceptors (Lipinski definition) is 6. The monoisotopic (exact) mass is 393 g/mol. The van der Waals surface area contributed by atoms with E-state index in [0.717, 1.165) is 0 Å². The van der Waals surface area contributed by atoms with Crippen LogP contribution in [0, 0.1) is 17.3 Å². The first kappa shape index (κ1) is 21.3. The van der Waals surface area contributed by atoms with Gasteiger partial charge in [-0.1, -0.05) is 5.92 Å². The van der Waals surface area contributed by atoms with Crippen molar-refractivity contribution < 1.29 is 28.1 Å². The zero-order valence-corrected chi connectivity index (χ0v) is 16.3. The van der Waals surface area contributed by atoms with Gasteiger partial charge in [-0.25, -0.2) is 8.42 Å². The van der Waals surface area contributed by atoms with Crippen LogP contribution in [0.2, 0.25) is 6.82 Å². The van der Waals surface area contributed by atoms with E-state index in [-0.39, 0.29) is 24.3 Å². The van der Waals surface area contributed by atoms with Gasteiger partial charge in [-0.05, 0) is 63.9 Å². The molecular formula is C18H24BNO6S. The number of piperidine rings is 1. The van der Waals surface area contributed by atoms with E-state index in [0.29, 0.717) is 18.8 Å². The van der Waals surface area contributed by atoms with Gasteiger partial charge in [0, 0.05) is 0 Å². The lowest BCUT2D eigenvalue weighted by atomic mass is 9.75. The van der Waals surface area contributed by atoms with Gasteiger partial charge in [0.1, 0.15) is 12.4 Å². The highest BCUT2D eigenvalue weighted by molar-refractivity contribution is 7.91. The number of nitrogens with zero attached hydrogens (tertiary/aromatic N) is 1. The van der Waals surface area contributed by atoms with E-state index in [9.17, 15) is 23.3 Å². The van der Waals surface area contributed by atoms with Crippen LogP contribution in [-0.2, 0) is 14.6 Å². The summed E-state index contributed by atoms with van der Waals surface area (Å²) in [5, 5.41) is 19.4. The zero-order valence-electron chi connectivity index (χ0n) is 15.5. The molecule has 146 valence electrons. The highest BCUT2D eigenvalue weighted by Crippen LogP contribution is 2.35. The van der Waals surface area contributed by atoms with Crippen molar-refractivity contribution >= 4 is 22.9 Å². The molecule has 0 aliphatic carbocycles. The summed E-state index contributed by atoms with van der Waals surface area (Å²) < 4.78 is 31.0. The van der Waals surface area contributed by atoms with Gasteiger partial charge in [-0.2, -0.15) is 0 Å². The summed E-state index contributed by atoms with van der Waals surface area (Å²) in [7, 11) is -4.47. The molecule has 2 N–H and O–H groups in total. The third kappa shape index (κ3) is 5.25. The van der Waals surface area contributed by atoms with Gasteiger partial charge < -0.3 is 19.7 Å². The third-order valence-electron chi connectivity index (χ3n) is 4.87. The fraction of sp³-hybridized carbons (Fsp3) is 0.500. The van der Waals surface area contributed by atoms with Crippen LogP contribution in [0.1, 0.15) is 19.8 Å². The first-order valence-electron chi connectivity index (χ1n) is 8.71. The molecule has 1 heterocycles. The quantitative estimate of drug-likeness (QED) is 0.529. The Bertz CT molecular complexity index is 818. The first-order chi connectivity index (χ1) is 12.7. The van der Waals surface area contributed by atoms with Gasteiger partial charge in [-0.3, -0.25) is 4.79 Å². The Kier molecular flexibility index (Phi) is 6.92. The lowest BCUT2D eigenvalue weighted by molar-refractivity contribution is -0.149. The normalized spacial score (nSPS) is 16.9. The van der Waals surface area contributed by atoms with E-state index in [2.05, 4.69) is 11.8 Å². The van der Waals surface area contributed by atoms with Gasteiger partial charge in [0.25, 0.3) is 0 Å². The van der Waals surface area contributed by atoms with Crippen molar-refractivity contribution in [3.8, 4) is 17.6 Å². The van der Waals surface area contributed by atoms with Crippen molar-refractivity contribution in [2.75, 3.05) is 25.4 Å². The van der Waals surface area contributed by atoms with Crippen LogP contribution in [0.3, 0.4) is 0 Å². The van der Waals surface area contributed by atoms with Crippen LogP contribution in [0.25, 0.3) is 0 Å². The van der Waals surface area contributed by atoms with Gasteiger partial charge in [0.05, 0.1) is 16.1 Å². The van der Waals surface area contributed by atoms with Crippen LogP contribution in [-0.4, -0.2) is 61.8 Å². The molecular weight excluding hydrogens is 369 g/mol. The van der Waals surface area contributed by atoms with Crippen molar-refractivity contribution in [2.24, 2.45) is 5.41 Å². The van der Waals surface area contributed by atoms with Crippen LogP contribution in [0.4, 0.5) is 0 Å². The topological polar surface area (TPSA) is 104 Å². The Balaban J connectivity index is 2.15. The highest BCUT2D eigenvalue weighted by atomic mass is 32.2. The largest absolute Gasteiger partial charge is 0.481 e. The number of carboxylic acid groups (broad SMARTS) is 1. The molecule has 7 nitrogen and oxygen atoms in total. The number of carboxylic acids is 1. The summed E-state index contributed by atoms with van der Waals surface area (Å²) in [6, 6.07) is 5.91. The summed E-state index contributed by atoms with van der Waals surface area (Å²) in [6.45, 7) is 4.20. The highest BCUT2D eigenvalue weighted by Gasteiger charge is 2.46. The number of benzene rings is 1. The Morgan fingerprint density at radius 3 is 2.37 bits per heavy atom. The number of hydrogen-bond donors (Lipinski definition) is 2. The summed E-state index contributed by atoms with van der Waals surface area (Å²) in [6.07, 6.45) is 0.340. The van der Waals surface area contributed by atoms with E-state index in [1.165, 1.54) is 24.3 Å². The van der Waals surface area contributed by atoms with Crippen molar-refractivity contribution in [2.45, 2.75) is 31.5 Å². The lowest BCUT2D eigenvalue weighted by Crippen LogP contribution is -2.51. The SMILES string of the molecule is CC#CCOc1ccc(S(=O)(=O)CC2(C(=O)O)CCN(B(C)O)CC2)cc1. The second kappa shape index (κ2) is 8.78. The molecule has 1 aliphatic heterocycles. The fourth-order valence-corrected chi connectivity index (χ4v) is 4.98. The Morgan fingerprint density at radius 1 is 1.30 bits per heavy atom.